The third-order valence-electron chi connectivity index (χ3n) is 6.70. The maximum Gasteiger partial charge on any atom is 0.416 e. The number of halogens is 4. The monoisotopic (exact) mass is 475 g/mol. The third-order valence-corrected chi connectivity index (χ3v) is 7.00. The molecule has 0 aliphatic carbocycles. The number of amides is 2. The molecule has 2 aliphatic rings. The standard InChI is InChI=1S/C24H21ClF3N3O2/c1-29-20(32)13-31-12-17(16-6-7-19(25)22(29)21(16)31)23(33)30-10-8-14(9-11-30)15-4-2-3-5-18(15)24(26,27)28/h2-7,12,14H,8-11,13H2,1H3. The maximum atomic E-state index is 13.4. The van der Waals surface area contributed by atoms with Crippen molar-refractivity contribution in [2.75, 3.05) is 25.0 Å². The van der Waals surface area contributed by atoms with Crippen molar-refractivity contribution in [2.45, 2.75) is 31.5 Å². The van der Waals surface area contributed by atoms with E-state index in [1.807, 2.05) is 0 Å². The van der Waals surface area contributed by atoms with Crippen LogP contribution in [0.5, 0.6) is 0 Å². The first-order chi connectivity index (χ1) is 15.7. The molecule has 1 aromatic heterocycles. The van der Waals surface area contributed by atoms with E-state index in [9.17, 15) is 22.8 Å². The van der Waals surface area contributed by atoms with Crippen molar-refractivity contribution in [2.24, 2.45) is 0 Å². The summed E-state index contributed by atoms with van der Waals surface area (Å²) >= 11 is 6.34. The van der Waals surface area contributed by atoms with Crippen LogP contribution in [0.3, 0.4) is 0 Å². The molecule has 0 saturated carbocycles. The summed E-state index contributed by atoms with van der Waals surface area (Å²) in [7, 11) is 1.66. The predicted molar refractivity (Wildman–Crippen MR) is 120 cm³/mol. The van der Waals surface area contributed by atoms with Crippen molar-refractivity contribution in [3.8, 4) is 0 Å². The lowest BCUT2D eigenvalue weighted by Crippen LogP contribution is -2.38. The van der Waals surface area contributed by atoms with Gasteiger partial charge in [0.05, 0.1) is 27.4 Å². The molecule has 2 aliphatic heterocycles. The Labute approximate surface area is 193 Å². The Kier molecular flexibility index (Phi) is 5.16. The molecule has 9 heteroatoms. The van der Waals surface area contributed by atoms with E-state index in [1.165, 1.54) is 17.0 Å². The number of alkyl halides is 3. The van der Waals surface area contributed by atoms with Crippen LogP contribution in [-0.4, -0.2) is 41.4 Å². The molecule has 0 atom stereocenters. The Hall–Kier alpha value is -3.00. The summed E-state index contributed by atoms with van der Waals surface area (Å²) in [5.74, 6) is -0.575. The largest absolute Gasteiger partial charge is 0.416 e. The molecule has 2 amide bonds. The van der Waals surface area contributed by atoms with Crippen molar-refractivity contribution >= 4 is 40.0 Å². The minimum Gasteiger partial charge on any atom is -0.339 e. The minimum atomic E-state index is -4.40. The van der Waals surface area contributed by atoms with E-state index < -0.39 is 11.7 Å². The second kappa shape index (κ2) is 7.80. The molecule has 0 N–H and O–H groups in total. The molecule has 0 radical (unpaired) electrons. The predicted octanol–water partition coefficient (Wildman–Crippen LogP) is 5.31. The smallest absolute Gasteiger partial charge is 0.339 e. The molecule has 3 aromatic rings. The quantitative estimate of drug-likeness (QED) is 0.504. The second-order valence-electron chi connectivity index (χ2n) is 8.57. The average Bonchev–Trinajstić information content (AvgIpc) is 3.16. The number of hydrogen-bond donors (Lipinski definition) is 0. The van der Waals surface area contributed by atoms with Crippen LogP contribution in [0.1, 0.15) is 40.2 Å². The topological polar surface area (TPSA) is 45.6 Å². The van der Waals surface area contributed by atoms with Gasteiger partial charge in [0.15, 0.2) is 0 Å². The Balaban J connectivity index is 1.41. The molecule has 172 valence electrons. The van der Waals surface area contributed by atoms with Gasteiger partial charge in [0.25, 0.3) is 5.91 Å². The lowest BCUT2D eigenvalue weighted by molar-refractivity contribution is -0.138. The summed E-state index contributed by atoms with van der Waals surface area (Å²) in [6, 6.07) is 9.13. The highest BCUT2D eigenvalue weighted by Crippen LogP contribution is 2.41. The van der Waals surface area contributed by atoms with E-state index in [0.29, 0.717) is 53.2 Å². The van der Waals surface area contributed by atoms with Gasteiger partial charge >= 0.3 is 6.18 Å². The van der Waals surface area contributed by atoms with E-state index >= 15 is 0 Å². The second-order valence-corrected chi connectivity index (χ2v) is 8.97. The van der Waals surface area contributed by atoms with Crippen LogP contribution in [0.25, 0.3) is 10.9 Å². The molecule has 5 nitrogen and oxygen atoms in total. The number of carbonyl (C=O) groups excluding carboxylic acids is 2. The molecule has 0 bridgehead atoms. The highest BCUT2D eigenvalue weighted by molar-refractivity contribution is 6.36. The highest BCUT2D eigenvalue weighted by Gasteiger charge is 2.36. The molecule has 1 fully saturated rings. The van der Waals surface area contributed by atoms with Gasteiger partial charge in [0, 0.05) is 31.7 Å². The zero-order valence-corrected chi connectivity index (χ0v) is 18.6. The van der Waals surface area contributed by atoms with Crippen LogP contribution in [0.2, 0.25) is 5.02 Å². The van der Waals surface area contributed by atoms with Crippen LogP contribution in [0, 0.1) is 0 Å². The van der Waals surface area contributed by atoms with E-state index in [2.05, 4.69) is 0 Å². The number of benzene rings is 2. The SMILES string of the molecule is CN1C(=O)Cn2cc(C(=O)N3CCC(c4ccccc4C(F)(F)F)CC3)c3ccc(Cl)c1c32. The van der Waals surface area contributed by atoms with Gasteiger partial charge in [0.2, 0.25) is 5.91 Å². The molecular formula is C24H21ClF3N3O2. The van der Waals surface area contributed by atoms with Gasteiger partial charge in [-0.25, -0.2) is 0 Å². The number of carbonyl (C=O) groups is 2. The fourth-order valence-electron chi connectivity index (χ4n) is 5.02. The van der Waals surface area contributed by atoms with E-state index in [0.717, 1.165) is 11.6 Å². The van der Waals surface area contributed by atoms with Gasteiger partial charge < -0.3 is 14.4 Å². The maximum absolute atomic E-state index is 13.4. The molecule has 5 rings (SSSR count). The third kappa shape index (κ3) is 3.57. The van der Waals surface area contributed by atoms with Crippen molar-refractivity contribution in [1.29, 1.82) is 0 Å². The first-order valence-corrected chi connectivity index (χ1v) is 11.1. The number of likely N-dealkylation sites (N-methyl/N-ethyl adjacent to an activating group) is 1. The Morgan fingerprint density at radius 2 is 1.79 bits per heavy atom. The highest BCUT2D eigenvalue weighted by atomic mass is 35.5. The van der Waals surface area contributed by atoms with Gasteiger partial charge in [-0.05, 0) is 36.5 Å². The summed E-state index contributed by atoms with van der Waals surface area (Å²) in [6.45, 7) is 0.840. The molecule has 0 spiro atoms. The molecule has 33 heavy (non-hydrogen) atoms. The Morgan fingerprint density at radius 3 is 2.48 bits per heavy atom. The van der Waals surface area contributed by atoms with Crippen molar-refractivity contribution < 1.29 is 22.8 Å². The summed E-state index contributed by atoms with van der Waals surface area (Å²) in [4.78, 5) is 28.9. The van der Waals surface area contributed by atoms with Crippen molar-refractivity contribution in [3.63, 3.8) is 0 Å². The number of aromatic nitrogens is 1. The lowest BCUT2D eigenvalue weighted by Gasteiger charge is -2.33. The van der Waals surface area contributed by atoms with Gasteiger partial charge in [0.1, 0.15) is 6.54 Å². The number of hydrogen-bond acceptors (Lipinski definition) is 2. The summed E-state index contributed by atoms with van der Waals surface area (Å²) in [5, 5.41) is 1.14. The van der Waals surface area contributed by atoms with Gasteiger partial charge in [-0.2, -0.15) is 13.2 Å². The van der Waals surface area contributed by atoms with E-state index in [-0.39, 0.29) is 24.3 Å². The summed E-state index contributed by atoms with van der Waals surface area (Å²) in [5.41, 5.74) is 1.48. The average molecular weight is 476 g/mol. The fraction of sp³-hybridized carbons (Fsp3) is 0.333. The molecule has 0 unspecified atom stereocenters. The van der Waals surface area contributed by atoms with Crippen molar-refractivity contribution in [3.05, 3.63) is 64.3 Å². The number of likely N-dealkylation sites (tertiary alicyclic amines) is 1. The van der Waals surface area contributed by atoms with E-state index in [1.54, 1.807) is 40.9 Å². The van der Waals surface area contributed by atoms with E-state index in [4.69, 9.17) is 11.6 Å². The summed E-state index contributed by atoms with van der Waals surface area (Å²) in [6.07, 6.45) is -1.81. The summed E-state index contributed by atoms with van der Waals surface area (Å²) < 4.78 is 42.0. The van der Waals surface area contributed by atoms with Gasteiger partial charge in [-0.1, -0.05) is 35.9 Å². The fourth-order valence-corrected chi connectivity index (χ4v) is 5.30. The van der Waals surface area contributed by atoms with Crippen molar-refractivity contribution in [1.82, 2.24) is 9.47 Å². The van der Waals surface area contributed by atoms with Gasteiger partial charge in [-0.15, -0.1) is 0 Å². The Morgan fingerprint density at radius 1 is 1.09 bits per heavy atom. The molecule has 3 heterocycles. The minimum absolute atomic E-state index is 0.115. The molecule has 2 aromatic carbocycles. The van der Waals surface area contributed by atoms with Crippen LogP contribution >= 0.6 is 11.6 Å². The zero-order chi connectivity index (χ0) is 23.5. The molecule has 1 saturated heterocycles. The number of piperidine rings is 1. The van der Waals surface area contributed by atoms with Crippen LogP contribution in [-0.2, 0) is 17.5 Å². The Bertz CT molecular complexity index is 1280. The number of rotatable bonds is 2. The lowest BCUT2D eigenvalue weighted by atomic mass is 9.86. The number of anilines is 1. The zero-order valence-electron chi connectivity index (χ0n) is 17.8. The first kappa shape index (κ1) is 21.8. The normalized spacial score (nSPS) is 17.2. The molecular weight excluding hydrogens is 455 g/mol. The number of nitrogens with zero attached hydrogens (tertiary/aromatic N) is 3. The van der Waals surface area contributed by atoms with Crippen LogP contribution in [0.15, 0.2) is 42.6 Å². The van der Waals surface area contributed by atoms with Gasteiger partial charge in [-0.3, -0.25) is 9.59 Å². The first-order valence-electron chi connectivity index (χ1n) is 10.7. The van der Waals surface area contributed by atoms with Crippen LogP contribution in [0.4, 0.5) is 18.9 Å². The van der Waals surface area contributed by atoms with Crippen LogP contribution < -0.4 is 4.90 Å².